The molecule has 1 saturated heterocycles. The molecule has 1 aliphatic rings. The van der Waals surface area contributed by atoms with Gasteiger partial charge in [0.2, 0.25) is 11.8 Å². The number of rotatable bonds is 17. The SMILES string of the molecule is CC(C)C[C@H](NC(=O)[C@H]1O[C@@H]1C(=O)N(CC(=O)O)NC(=O)[C@H](C)NC(=O)[C@@H](NCCCc1ccccc1)C(C)C)C(N)=O. The molecule has 14 nitrogen and oxygen atoms in total. The standard InChI is InChI=1S/C29H44N6O8/c1-16(2)14-20(25(30)38)33-28(41)23-24(43-23)29(42)35(15-21(36)37)34-26(39)18(5)32-27(40)22(17(3)4)31-13-9-12-19-10-7-6-8-11-19/h6-8,10-11,16-18,20,22-24,31H,9,12-15H2,1-5H3,(H2,30,38)(H,32,40)(H,33,41)(H,34,39)(H,36,37)/t18-,20-,22-,23-,24-/m0/s1. The van der Waals surface area contributed by atoms with Gasteiger partial charge in [0.1, 0.15) is 18.6 Å². The van der Waals surface area contributed by atoms with Gasteiger partial charge in [-0.15, -0.1) is 0 Å². The molecule has 1 heterocycles. The molecule has 1 aliphatic heterocycles. The fourth-order valence-corrected chi connectivity index (χ4v) is 4.36. The molecule has 2 rings (SSSR count). The van der Waals surface area contributed by atoms with Crippen molar-refractivity contribution in [3.63, 3.8) is 0 Å². The average Bonchev–Trinajstić information content (AvgIpc) is 3.72. The number of primary amides is 1. The fraction of sp³-hybridized carbons (Fsp3) is 0.586. The second-order valence-electron chi connectivity index (χ2n) is 11.4. The summed E-state index contributed by atoms with van der Waals surface area (Å²) < 4.78 is 5.15. The Balaban J connectivity index is 1.93. The molecular formula is C29H44N6O8. The van der Waals surface area contributed by atoms with Crippen LogP contribution in [0, 0.1) is 11.8 Å². The lowest BCUT2D eigenvalue weighted by Gasteiger charge is -2.26. The molecule has 0 unspecified atom stereocenters. The Morgan fingerprint density at radius 3 is 2.16 bits per heavy atom. The molecule has 7 N–H and O–H groups in total. The topological polar surface area (TPSA) is 213 Å². The van der Waals surface area contributed by atoms with Crippen LogP contribution in [-0.2, 0) is 39.9 Å². The molecule has 0 saturated carbocycles. The zero-order chi connectivity index (χ0) is 32.3. The van der Waals surface area contributed by atoms with Crippen LogP contribution in [0.4, 0.5) is 0 Å². The quantitative estimate of drug-likeness (QED) is 0.0765. The highest BCUT2D eigenvalue weighted by Crippen LogP contribution is 2.24. The van der Waals surface area contributed by atoms with Crippen LogP contribution in [0.1, 0.15) is 53.0 Å². The van der Waals surface area contributed by atoms with E-state index >= 15 is 0 Å². The first kappa shape index (κ1) is 35.2. The second-order valence-corrected chi connectivity index (χ2v) is 11.4. The molecule has 1 fully saturated rings. The Morgan fingerprint density at radius 2 is 1.60 bits per heavy atom. The smallest absolute Gasteiger partial charge is 0.325 e. The number of amides is 5. The van der Waals surface area contributed by atoms with Crippen LogP contribution in [-0.4, -0.2) is 89.0 Å². The number of carboxylic acid groups (broad SMARTS) is 1. The Morgan fingerprint density at radius 1 is 0.953 bits per heavy atom. The molecule has 0 radical (unpaired) electrons. The van der Waals surface area contributed by atoms with E-state index in [-0.39, 0.29) is 18.3 Å². The average molecular weight is 605 g/mol. The molecule has 5 amide bonds. The van der Waals surface area contributed by atoms with E-state index in [0.717, 1.165) is 12.8 Å². The molecule has 43 heavy (non-hydrogen) atoms. The van der Waals surface area contributed by atoms with E-state index < -0.39 is 72.4 Å². The Hall–Kier alpha value is -4.04. The number of carboxylic acids is 1. The number of carbonyl (C=O) groups is 6. The van der Waals surface area contributed by atoms with Crippen molar-refractivity contribution in [2.75, 3.05) is 13.1 Å². The van der Waals surface area contributed by atoms with E-state index in [1.165, 1.54) is 12.5 Å². The van der Waals surface area contributed by atoms with E-state index in [0.29, 0.717) is 11.6 Å². The minimum atomic E-state index is -1.43. The third-order valence-electron chi connectivity index (χ3n) is 6.72. The lowest BCUT2D eigenvalue weighted by molar-refractivity contribution is -0.151. The monoisotopic (exact) mass is 604 g/mol. The molecule has 1 aromatic rings. The zero-order valence-electron chi connectivity index (χ0n) is 25.3. The molecule has 1 aromatic carbocycles. The third kappa shape index (κ3) is 11.6. The molecule has 0 aromatic heterocycles. The van der Waals surface area contributed by atoms with E-state index in [4.69, 9.17) is 10.5 Å². The molecule has 0 spiro atoms. The predicted molar refractivity (Wildman–Crippen MR) is 156 cm³/mol. The maximum Gasteiger partial charge on any atom is 0.325 e. The summed E-state index contributed by atoms with van der Waals surface area (Å²) in [6.45, 7) is 8.45. The number of aliphatic carboxylic acids is 1. The van der Waals surface area contributed by atoms with E-state index in [1.807, 2.05) is 58.0 Å². The number of nitrogens with two attached hydrogens (primary N) is 1. The number of nitrogens with zero attached hydrogens (tertiary/aromatic N) is 1. The van der Waals surface area contributed by atoms with Crippen LogP contribution < -0.4 is 27.1 Å². The summed E-state index contributed by atoms with van der Waals surface area (Å²) in [5.41, 5.74) is 8.73. The number of ether oxygens (including phenoxy) is 1. The summed E-state index contributed by atoms with van der Waals surface area (Å²) in [6, 6.07) is 7.24. The van der Waals surface area contributed by atoms with Gasteiger partial charge in [-0.3, -0.25) is 34.2 Å². The number of nitrogens with one attached hydrogen (secondary N) is 4. The highest BCUT2D eigenvalue weighted by atomic mass is 16.6. The Bertz CT molecular complexity index is 1150. The summed E-state index contributed by atoms with van der Waals surface area (Å²) in [5.74, 6) is -5.24. The normalized spacial score (nSPS) is 17.8. The first-order valence-corrected chi connectivity index (χ1v) is 14.4. The predicted octanol–water partition coefficient (Wildman–Crippen LogP) is -0.534. The Labute approximate surface area is 251 Å². The molecule has 0 aliphatic carbocycles. The molecule has 14 heteroatoms. The van der Waals surface area contributed by atoms with Gasteiger partial charge in [0.15, 0.2) is 12.2 Å². The van der Waals surface area contributed by atoms with E-state index in [9.17, 15) is 33.9 Å². The van der Waals surface area contributed by atoms with E-state index in [2.05, 4.69) is 21.4 Å². The van der Waals surface area contributed by atoms with Crippen molar-refractivity contribution in [2.45, 2.75) is 84.2 Å². The molecule has 238 valence electrons. The summed E-state index contributed by atoms with van der Waals surface area (Å²) in [7, 11) is 0. The maximum absolute atomic E-state index is 13.0. The van der Waals surface area contributed by atoms with Crippen LogP contribution in [0.2, 0.25) is 0 Å². The van der Waals surface area contributed by atoms with Gasteiger partial charge in [-0.25, -0.2) is 5.01 Å². The van der Waals surface area contributed by atoms with Crippen LogP contribution in [0.25, 0.3) is 0 Å². The summed E-state index contributed by atoms with van der Waals surface area (Å²) >= 11 is 0. The lowest BCUT2D eigenvalue weighted by atomic mass is 10.0. The first-order chi connectivity index (χ1) is 20.2. The van der Waals surface area contributed by atoms with Gasteiger partial charge in [-0.05, 0) is 50.1 Å². The maximum atomic E-state index is 13.0. The number of epoxide rings is 1. The van der Waals surface area contributed by atoms with Crippen molar-refractivity contribution in [3.8, 4) is 0 Å². The summed E-state index contributed by atoms with van der Waals surface area (Å²) in [4.78, 5) is 74.4. The van der Waals surface area contributed by atoms with Gasteiger partial charge in [-0.2, -0.15) is 0 Å². The molecular weight excluding hydrogens is 560 g/mol. The van der Waals surface area contributed by atoms with Gasteiger partial charge < -0.3 is 31.5 Å². The highest BCUT2D eigenvalue weighted by molar-refractivity contribution is 5.98. The number of hydrazine groups is 1. The first-order valence-electron chi connectivity index (χ1n) is 14.4. The van der Waals surface area contributed by atoms with Crippen molar-refractivity contribution in [1.82, 2.24) is 26.4 Å². The van der Waals surface area contributed by atoms with Crippen LogP contribution in [0.5, 0.6) is 0 Å². The number of aryl methyl sites for hydroxylation is 1. The van der Waals surface area contributed by atoms with Crippen molar-refractivity contribution < 1.29 is 38.6 Å². The summed E-state index contributed by atoms with van der Waals surface area (Å²) in [5, 5.41) is 18.1. The van der Waals surface area contributed by atoms with Crippen LogP contribution in [0.15, 0.2) is 30.3 Å². The minimum absolute atomic E-state index is 0.0466. The Kier molecular flexibility index (Phi) is 13.5. The van der Waals surface area contributed by atoms with Crippen molar-refractivity contribution in [3.05, 3.63) is 35.9 Å². The van der Waals surface area contributed by atoms with Crippen molar-refractivity contribution >= 4 is 35.5 Å². The number of hydrogen-bond donors (Lipinski definition) is 6. The summed E-state index contributed by atoms with van der Waals surface area (Å²) in [6.07, 6.45) is -0.748. The van der Waals surface area contributed by atoms with Crippen LogP contribution in [0.3, 0.4) is 0 Å². The lowest BCUT2D eigenvalue weighted by Crippen LogP contribution is -2.58. The van der Waals surface area contributed by atoms with Crippen molar-refractivity contribution in [1.29, 1.82) is 0 Å². The van der Waals surface area contributed by atoms with Crippen molar-refractivity contribution in [2.24, 2.45) is 17.6 Å². The van der Waals surface area contributed by atoms with Gasteiger partial charge in [-0.1, -0.05) is 58.0 Å². The zero-order valence-corrected chi connectivity index (χ0v) is 25.3. The minimum Gasteiger partial charge on any atom is -0.480 e. The number of benzene rings is 1. The van der Waals surface area contributed by atoms with Gasteiger partial charge >= 0.3 is 5.97 Å². The van der Waals surface area contributed by atoms with Crippen LogP contribution >= 0.6 is 0 Å². The fourth-order valence-electron chi connectivity index (χ4n) is 4.36. The highest BCUT2D eigenvalue weighted by Gasteiger charge is 2.53. The molecule has 0 bridgehead atoms. The third-order valence-corrected chi connectivity index (χ3v) is 6.72. The number of carbonyl (C=O) groups excluding carboxylic acids is 5. The van der Waals surface area contributed by atoms with Gasteiger partial charge in [0.25, 0.3) is 17.7 Å². The second kappa shape index (κ2) is 16.6. The van der Waals surface area contributed by atoms with Gasteiger partial charge in [0, 0.05) is 0 Å². The largest absolute Gasteiger partial charge is 0.480 e. The van der Waals surface area contributed by atoms with Gasteiger partial charge in [0.05, 0.1) is 6.04 Å². The number of hydrogen-bond acceptors (Lipinski definition) is 8. The molecule has 5 atom stereocenters. The van der Waals surface area contributed by atoms with E-state index in [1.54, 1.807) is 0 Å².